The second-order valence-corrected chi connectivity index (χ2v) is 6.30. The minimum atomic E-state index is -0.167. The first-order chi connectivity index (χ1) is 12.7. The Morgan fingerprint density at radius 1 is 1.31 bits per heavy atom. The van der Waals surface area contributed by atoms with E-state index in [2.05, 4.69) is 27.8 Å². The topological polar surface area (TPSA) is 72.5 Å². The molecular weight excluding hydrogens is 330 g/mol. The standard InChI is InChI=1S/C20H25N3O3/c1-25-17-6-4-15(5-7-17)8-10-21-16-9-11-22-19(13-16)20(24)23-14-18-3-2-12-26-18/h4-7,9,11,13,18H,2-3,8,10,12,14H2,1H3,(H,21,22)(H,23,24). The van der Waals surface area contributed by atoms with E-state index in [1.807, 2.05) is 18.2 Å². The molecule has 0 spiro atoms. The van der Waals surface area contributed by atoms with Crippen LogP contribution in [-0.2, 0) is 11.2 Å². The summed E-state index contributed by atoms with van der Waals surface area (Å²) >= 11 is 0. The van der Waals surface area contributed by atoms with Gasteiger partial charge in [0.05, 0.1) is 13.2 Å². The third kappa shape index (κ3) is 5.20. The van der Waals surface area contributed by atoms with Gasteiger partial charge in [-0.3, -0.25) is 9.78 Å². The number of benzene rings is 1. The number of hydrogen-bond acceptors (Lipinski definition) is 5. The van der Waals surface area contributed by atoms with Crippen LogP contribution >= 0.6 is 0 Å². The van der Waals surface area contributed by atoms with Gasteiger partial charge >= 0.3 is 0 Å². The molecule has 6 heteroatoms. The molecular formula is C20H25N3O3. The molecule has 26 heavy (non-hydrogen) atoms. The zero-order valence-corrected chi connectivity index (χ0v) is 15.0. The first kappa shape index (κ1) is 18.2. The van der Waals surface area contributed by atoms with Crippen LogP contribution < -0.4 is 15.4 Å². The highest BCUT2D eigenvalue weighted by molar-refractivity contribution is 5.93. The molecule has 1 saturated heterocycles. The summed E-state index contributed by atoms with van der Waals surface area (Å²) in [7, 11) is 1.66. The third-order valence-corrected chi connectivity index (χ3v) is 4.41. The van der Waals surface area contributed by atoms with Gasteiger partial charge in [0, 0.05) is 31.6 Å². The maximum atomic E-state index is 12.2. The molecule has 1 fully saturated rings. The van der Waals surface area contributed by atoms with Crippen molar-refractivity contribution >= 4 is 11.6 Å². The first-order valence-electron chi connectivity index (χ1n) is 8.97. The van der Waals surface area contributed by atoms with Crippen LogP contribution in [0, 0.1) is 0 Å². The molecule has 6 nitrogen and oxygen atoms in total. The van der Waals surface area contributed by atoms with E-state index in [0.29, 0.717) is 12.2 Å². The summed E-state index contributed by atoms with van der Waals surface area (Å²) in [4.78, 5) is 16.4. The summed E-state index contributed by atoms with van der Waals surface area (Å²) < 4.78 is 10.7. The molecule has 1 unspecified atom stereocenters. The molecule has 0 bridgehead atoms. The minimum absolute atomic E-state index is 0.129. The maximum Gasteiger partial charge on any atom is 0.270 e. The van der Waals surface area contributed by atoms with Gasteiger partial charge in [-0.05, 0) is 49.1 Å². The molecule has 1 aliphatic heterocycles. The van der Waals surface area contributed by atoms with Crippen molar-refractivity contribution < 1.29 is 14.3 Å². The third-order valence-electron chi connectivity index (χ3n) is 4.41. The van der Waals surface area contributed by atoms with Gasteiger partial charge in [0.25, 0.3) is 5.91 Å². The monoisotopic (exact) mass is 355 g/mol. The molecule has 1 aromatic carbocycles. The Bertz CT molecular complexity index is 712. The Hall–Kier alpha value is -2.60. The predicted octanol–water partition coefficient (Wildman–Crippen LogP) is 2.65. The number of rotatable bonds is 8. The average molecular weight is 355 g/mol. The molecule has 1 amide bonds. The van der Waals surface area contributed by atoms with Gasteiger partial charge in [0.2, 0.25) is 0 Å². The summed E-state index contributed by atoms with van der Waals surface area (Å²) in [6.07, 6.45) is 4.72. The quantitative estimate of drug-likeness (QED) is 0.762. The number of aromatic nitrogens is 1. The fourth-order valence-electron chi connectivity index (χ4n) is 2.91. The van der Waals surface area contributed by atoms with Crippen LogP contribution in [0.15, 0.2) is 42.6 Å². The highest BCUT2D eigenvalue weighted by atomic mass is 16.5. The number of ether oxygens (including phenoxy) is 2. The van der Waals surface area contributed by atoms with Crippen LogP contribution in [0.1, 0.15) is 28.9 Å². The Balaban J connectivity index is 1.47. The highest BCUT2D eigenvalue weighted by Gasteiger charge is 2.17. The number of anilines is 1. The van der Waals surface area contributed by atoms with Gasteiger partial charge in [-0.2, -0.15) is 0 Å². The summed E-state index contributed by atoms with van der Waals surface area (Å²) in [5.74, 6) is 0.689. The minimum Gasteiger partial charge on any atom is -0.497 e. The van der Waals surface area contributed by atoms with E-state index in [1.165, 1.54) is 5.56 Å². The second kappa shape index (κ2) is 9.20. The molecule has 0 radical (unpaired) electrons. The molecule has 3 rings (SSSR count). The predicted molar refractivity (Wildman–Crippen MR) is 101 cm³/mol. The second-order valence-electron chi connectivity index (χ2n) is 6.30. The van der Waals surface area contributed by atoms with E-state index in [0.717, 1.165) is 43.9 Å². The molecule has 138 valence electrons. The lowest BCUT2D eigenvalue weighted by Gasteiger charge is -2.11. The summed E-state index contributed by atoms with van der Waals surface area (Å²) in [5.41, 5.74) is 2.52. The lowest BCUT2D eigenvalue weighted by atomic mass is 10.1. The molecule has 2 N–H and O–H groups in total. The number of hydrogen-bond donors (Lipinski definition) is 2. The molecule has 1 atom stereocenters. The fraction of sp³-hybridized carbons (Fsp3) is 0.400. The van der Waals surface area contributed by atoms with Crippen LogP contribution in [0.3, 0.4) is 0 Å². The van der Waals surface area contributed by atoms with Crippen molar-refractivity contribution in [3.05, 3.63) is 53.9 Å². The van der Waals surface area contributed by atoms with Gasteiger partial charge < -0.3 is 20.1 Å². The van der Waals surface area contributed by atoms with Crippen molar-refractivity contribution in [1.29, 1.82) is 0 Å². The number of pyridine rings is 1. The molecule has 0 aliphatic carbocycles. The Labute approximate surface area is 153 Å². The van der Waals surface area contributed by atoms with E-state index >= 15 is 0 Å². The van der Waals surface area contributed by atoms with E-state index in [9.17, 15) is 4.79 Å². The van der Waals surface area contributed by atoms with Crippen LogP contribution in [0.2, 0.25) is 0 Å². The van der Waals surface area contributed by atoms with Crippen molar-refractivity contribution in [2.45, 2.75) is 25.4 Å². The Kier molecular flexibility index (Phi) is 6.44. The van der Waals surface area contributed by atoms with Gasteiger partial charge in [-0.1, -0.05) is 12.1 Å². The molecule has 2 aromatic rings. The highest BCUT2D eigenvalue weighted by Crippen LogP contribution is 2.13. The summed E-state index contributed by atoms with van der Waals surface area (Å²) in [5, 5.41) is 6.23. The van der Waals surface area contributed by atoms with Crippen LogP contribution in [0.4, 0.5) is 5.69 Å². The number of nitrogens with one attached hydrogen (secondary N) is 2. The van der Waals surface area contributed by atoms with Gasteiger partial charge in [-0.25, -0.2) is 0 Å². The molecule has 0 saturated carbocycles. The van der Waals surface area contributed by atoms with Crippen LogP contribution in [0.25, 0.3) is 0 Å². The van der Waals surface area contributed by atoms with E-state index in [-0.39, 0.29) is 12.0 Å². The van der Waals surface area contributed by atoms with E-state index < -0.39 is 0 Å². The van der Waals surface area contributed by atoms with Crippen molar-refractivity contribution in [2.24, 2.45) is 0 Å². The van der Waals surface area contributed by atoms with Crippen molar-refractivity contribution in [1.82, 2.24) is 10.3 Å². The van der Waals surface area contributed by atoms with E-state index in [1.54, 1.807) is 19.4 Å². The zero-order valence-electron chi connectivity index (χ0n) is 15.0. The number of carbonyl (C=O) groups is 1. The van der Waals surface area contributed by atoms with Crippen LogP contribution in [0.5, 0.6) is 5.75 Å². The average Bonchev–Trinajstić information content (AvgIpc) is 3.20. The molecule has 1 aliphatic rings. The first-order valence-corrected chi connectivity index (χ1v) is 8.97. The number of amides is 1. The Morgan fingerprint density at radius 3 is 2.88 bits per heavy atom. The maximum absolute atomic E-state index is 12.2. The zero-order chi connectivity index (χ0) is 18.2. The largest absolute Gasteiger partial charge is 0.497 e. The summed E-state index contributed by atoms with van der Waals surface area (Å²) in [6.45, 7) is 2.09. The van der Waals surface area contributed by atoms with E-state index in [4.69, 9.17) is 9.47 Å². The van der Waals surface area contributed by atoms with Gasteiger partial charge in [0.1, 0.15) is 11.4 Å². The lowest BCUT2D eigenvalue weighted by Crippen LogP contribution is -2.32. The van der Waals surface area contributed by atoms with Gasteiger partial charge in [-0.15, -0.1) is 0 Å². The number of nitrogens with zero attached hydrogens (tertiary/aromatic N) is 1. The van der Waals surface area contributed by atoms with Crippen molar-refractivity contribution in [3.8, 4) is 5.75 Å². The Morgan fingerprint density at radius 2 is 2.15 bits per heavy atom. The SMILES string of the molecule is COc1ccc(CCNc2ccnc(C(=O)NCC3CCCO3)c2)cc1. The smallest absolute Gasteiger partial charge is 0.270 e. The van der Waals surface area contributed by atoms with Crippen molar-refractivity contribution in [2.75, 3.05) is 32.1 Å². The number of methoxy groups -OCH3 is 1. The fourth-order valence-corrected chi connectivity index (χ4v) is 2.91. The molecule has 2 heterocycles. The lowest BCUT2D eigenvalue weighted by molar-refractivity contribution is 0.0854. The summed E-state index contributed by atoms with van der Waals surface area (Å²) in [6, 6.07) is 11.7. The van der Waals surface area contributed by atoms with Crippen molar-refractivity contribution in [3.63, 3.8) is 0 Å². The normalized spacial score (nSPS) is 16.3. The number of carbonyl (C=O) groups excluding carboxylic acids is 1. The van der Waals surface area contributed by atoms with Crippen LogP contribution in [-0.4, -0.2) is 43.8 Å². The molecule has 1 aromatic heterocycles. The van der Waals surface area contributed by atoms with Gasteiger partial charge in [0.15, 0.2) is 0 Å².